The Morgan fingerprint density at radius 3 is 2.85 bits per heavy atom. The van der Waals surface area contributed by atoms with Crippen LogP contribution in [0.3, 0.4) is 0 Å². The lowest BCUT2D eigenvalue weighted by Crippen LogP contribution is -2.31. The van der Waals surface area contributed by atoms with Gasteiger partial charge in [-0.05, 0) is 24.5 Å². The van der Waals surface area contributed by atoms with Crippen LogP contribution in [0.25, 0.3) is 0 Å². The second-order valence-corrected chi connectivity index (χ2v) is 4.94. The van der Waals surface area contributed by atoms with Gasteiger partial charge in [0.05, 0.1) is 6.54 Å². The SMILES string of the molecule is O=C(O)CC1CCN(C(=O)c2cccn2CC(F)F)C1. The molecule has 1 fully saturated rings. The highest BCUT2D eigenvalue weighted by molar-refractivity contribution is 5.93. The van der Waals surface area contributed by atoms with E-state index in [1.807, 2.05) is 0 Å². The number of carboxylic acids is 1. The molecular formula is C13H16F2N2O3. The first-order valence-electron chi connectivity index (χ1n) is 6.41. The Labute approximate surface area is 114 Å². The van der Waals surface area contributed by atoms with Crippen molar-refractivity contribution in [3.8, 4) is 0 Å². The first kappa shape index (κ1) is 14.5. The van der Waals surface area contributed by atoms with E-state index in [2.05, 4.69) is 0 Å². The van der Waals surface area contributed by atoms with Gasteiger partial charge in [-0.3, -0.25) is 9.59 Å². The van der Waals surface area contributed by atoms with Crippen molar-refractivity contribution in [3.63, 3.8) is 0 Å². The summed E-state index contributed by atoms with van der Waals surface area (Å²) in [6.45, 7) is 0.322. The number of carbonyl (C=O) groups excluding carboxylic acids is 1. The van der Waals surface area contributed by atoms with E-state index in [9.17, 15) is 18.4 Å². The number of rotatable bonds is 5. The molecule has 110 valence electrons. The van der Waals surface area contributed by atoms with Crippen LogP contribution >= 0.6 is 0 Å². The minimum Gasteiger partial charge on any atom is -0.481 e. The molecule has 1 saturated heterocycles. The monoisotopic (exact) mass is 286 g/mol. The molecule has 0 spiro atoms. The van der Waals surface area contributed by atoms with Crippen LogP contribution < -0.4 is 0 Å². The second-order valence-electron chi connectivity index (χ2n) is 4.94. The predicted octanol–water partition coefficient (Wildman–Crippen LogP) is 1.69. The van der Waals surface area contributed by atoms with E-state index in [4.69, 9.17) is 5.11 Å². The lowest BCUT2D eigenvalue weighted by molar-refractivity contribution is -0.138. The normalized spacial score (nSPS) is 18.8. The number of carbonyl (C=O) groups is 2. The summed E-state index contributed by atoms with van der Waals surface area (Å²) in [4.78, 5) is 24.4. The lowest BCUT2D eigenvalue weighted by atomic mass is 10.1. The highest BCUT2D eigenvalue weighted by atomic mass is 19.3. The number of carboxylic acid groups (broad SMARTS) is 1. The van der Waals surface area contributed by atoms with Gasteiger partial charge in [-0.15, -0.1) is 0 Å². The highest BCUT2D eigenvalue weighted by Crippen LogP contribution is 2.22. The Kier molecular flexibility index (Phi) is 4.36. The zero-order valence-corrected chi connectivity index (χ0v) is 10.8. The molecule has 2 heterocycles. The van der Waals surface area contributed by atoms with E-state index in [1.165, 1.54) is 21.7 Å². The molecule has 1 atom stereocenters. The zero-order chi connectivity index (χ0) is 14.7. The minimum absolute atomic E-state index is 0.0296. The molecule has 1 amide bonds. The molecule has 0 saturated carbocycles. The number of likely N-dealkylation sites (tertiary alicyclic amines) is 1. The van der Waals surface area contributed by atoms with Crippen LogP contribution in [-0.4, -0.2) is 46.0 Å². The second kappa shape index (κ2) is 6.02. The number of alkyl halides is 2. The van der Waals surface area contributed by atoms with Gasteiger partial charge in [0.1, 0.15) is 5.69 Å². The number of hydrogen-bond donors (Lipinski definition) is 1. The first-order chi connectivity index (χ1) is 9.47. The topological polar surface area (TPSA) is 62.5 Å². The summed E-state index contributed by atoms with van der Waals surface area (Å²) >= 11 is 0. The highest BCUT2D eigenvalue weighted by Gasteiger charge is 2.29. The number of nitrogens with zero attached hydrogens (tertiary/aromatic N) is 2. The van der Waals surface area contributed by atoms with Gasteiger partial charge < -0.3 is 14.6 Å². The summed E-state index contributed by atoms with van der Waals surface area (Å²) < 4.78 is 26.1. The average molecular weight is 286 g/mol. The fraction of sp³-hybridized carbons (Fsp3) is 0.538. The van der Waals surface area contributed by atoms with E-state index in [-0.39, 0.29) is 23.9 Å². The van der Waals surface area contributed by atoms with Crippen molar-refractivity contribution in [2.75, 3.05) is 13.1 Å². The number of amides is 1. The van der Waals surface area contributed by atoms with Crippen LogP contribution in [0.15, 0.2) is 18.3 Å². The Hall–Kier alpha value is -1.92. The van der Waals surface area contributed by atoms with Crippen molar-refractivity contribution in [3.05, 3.63) is 24.0 Å². The van der Waals surface area contributed by atoms with Crippen LogP contribution in [0.1, 0.15) is 23.3 Å². The third-order valence-corrected chi connectivity index (χ3v) is 3.42. The Balaban J connectivity index is 2.02. The molecule has 1 aromatic heterocycles. The van der Waals surface area contributed by atoms with Crippen molar-refractivity contribution in [1.82, 2.24) is 9.47 Å². The molecule has 7 heteroatoms. The maximum Gasteiger partial charge on any atom is 0.303 e. The molecule has 1 aliphatic heterocycles. The van der Waals surface area contributed by atoms with Crippen LogP contribution in [0, 0.1) is 5.92 Å². The van der Waals surface area contributed by atoms with Crippen molar-refractivity contribution in [2.24, 2.45) is 5.92 Å². The summed E-state index contributed by atoms with van der Waals surface area (Å²) in [6, 6.07) is 3.07. The molecule has 0 aliphatic carbocycles. The smallest absolute Gasteiger partial charge is 0.303 e. The molecule has 1 aliphatic rings. The minimum atomic E-state index is -2.52. The van der Waals surface area contributed by atoms with Crippen molar-refractivity contribution in [1.29, 1.82) is 0 Å². The molecule has 1 unspecified atom stereocenters. The summed E-state index contributed by atoms with van der Waals surface area (Å²) in [7, 11) is 0. The number of halogens is 2. The quantitative estimate of drug-likeness (QED) is 0.896. The fourth-order valence-corrected chi connectivity index (χ4v) is 2.51. The van der Waals surface area contributed by atoms with E-state index >= 15 is 0 Å². The van der Waals surface area contributed by atoms with Gasteiger partial charge in [0.25, 0.3) is 12.3 Å². The maximum absolute atomic E-state index is 12.4. The van der Waals surface area contributed by atoms with Gasteiger partial charge in [0.2, 0.25) is 0 Å². The van der Waals surface area contributed by atoms with Crippen molar-refractivity contribution >= 4 is 11.9 Å². The Morgan fingerprint density at radius 1 is 1.45 bits per heavy atom. The third-order valence-electron chi connectivity index (χ3n) is 3.42. The molecule has 0 bridgehead atoms. The van der Waals surface area contributed by atoms with Crippen LogP contribution in [-0.2, 0) is 11.3 Å². The first-order valence-corrected chi connectivity index (χ1v) is 6.41. The Morgan fingerprint density at radius 2 is 2.20 bits per heavy atom. The zero-order valence-electron chi connectivity index (χ0n) is 10.8. The Bertz CT molecular complexity index is 502. The van der Waals surface area contributed by atoms with Gasteiger partial charge in [-0.2, -0.15) is 0 Å². The predicted molar refractivity (Wildman–Crippen MR) is 66.7 cm³/mol. The van der Waals surface area contributed by atoms with E-state index in [0.29, 0.717) is 19.5 Å². The van der Waals surface area contributed by atoms with Gasteiger partial charge in [0.15, 0.2) is 0 Å². The molecule has 1 N–H and O–H groups in total. The van der Waals surface area contributed by atoms with E-state index in [1.54, 1.807) is 6.07 Å². The summed E-state index contributed by atoms with van der Waals surface area (Å²) in [5, 5.41) is 8.74. The van der Waals surface area contributed by atoms with E-state index in [0.717, 1.165) is 0 Å². The summed E-state index contributed by atoms with van der Waals surface area (Å²) in [5.74, 6) is -1.26. The number of hydrogen-bond acceptors (Lipinski definition) is 2. The van der Waals surface area contributed by atoms with Crippen LogP contribution in [0.4, 0.5) is 8.78 Å². The van der Waals surface area contributed by atoms with Gasteiger partial charge in [-0.25, -0.2) is 8.78 Å². The third kappa shape index (κ3) is 3.34. The standard InChI is InChI=1S/C13H16F2N2O3/c14-11(15)8-16-4-1-2-10(16)13(20)17-5-3-9(7-17)6-12(18)19/h1-2,4,9,11H,3,5-8H2,(H,18,19). The van der Waals surface area contributed by atoms with Crippen molar-refractivity contribution in [2.45, 2.75) is 25.8 Å². The van der Waals surface area contributed by atoms with Gasteiger partial charge in [0, 0.05) is 25.7 Å². The van der Waals surface area contributed by atoms with Gasteiger partial charge in [-0.1, -0.05) is 0 Å². The molecule has 0 radical (unpaired) electrons. The molecule has 1 aromatic rings. The fourth-order valence-electron chi connectivity index (χ4n) is 2.51. The molecule has 5 nitrogen and oxygen atoms in total. The summed E-state index contributed by atoms with van der Waals surface area (Å²) in [5.41, 5.74) is 0.223. The van der Waals surface area contributed by atoms with E-state index < -0.39 is 18.9 Å². The van der Waals surface area contributed by atoms with Crippen LogP contribution in [0.2, 0.25) is 0 Å². The number of aromatic nitrogens is 1. The molecule has 0 aromatic carbocycles. The summed E-state index contributed by atoms with van der Waals surface area (Å²) in [6.07, 6.45) is -0.410. The number of aliphatic carboxylic acids is 1. The molecule has 20 heavy (non-hydrogen) atoms. The average Bonchev–Trinajstić information content (AvgIpc) is 2.96. The molecule has 2 rings (SSSR count). The molecular weight excluding hydrogens is 270 g/mol. The lowest BCUT2D eigenvalue weighted by Gasteiger charge is -2.17. The van der Waals surface area contributed by atoms with Gasteiger partial charge >= 0.3 is 5.97 Å². The van der Waals surface area contributed by atoms with Crippen LogP contribution in [0.5, 0.6) is 0 Å². The largest absolute Gasteiger partial charge is 0.481 e. The maximum atomic E-state index is 12.4. The van der Waals surface area contributed by atoms with Crippen molar-refractivity contribution < 1.29 is 23.5 Å².